The van der Waals surface area contributed by atoms with Crippen LogP contribution in [0.25, 0.3) is 10.2 Å². The predicted octanol–water partition coefficient (Wildman–Crippen LogP) is 5.10. The summed E-state index contributed by atoms with van der Waals surface area (Å²) in [6.07, 6.45) is 0.791. The van der Waals surface area contributed by atoms with Crippen LogP contribution in [0.1, 0.15) is 17.5 Å². The fourth-order valence-electron chi connectivity index (χ4n) is 3.58. The highest BCUT2D eigenvalue weighted by Gasteiger charge is 2.16. The SMILES string of the molecule is C[C@@H](Nc1ccc(Cc2nc3ccccc3s2)cc1)C(=O)Nc1ccc2c(c1)OCCO2. The number of aromatic nitrogens is 1. The van der Waals surface area contributed by atoms with Crippen molar-refractivity contribution < 1.29 is 14.3 Å². The molecule has 0 spiro atoms. The highest BCUT2D eigenvalue weighted by atomic mass is 32.1. The number of benzene rings is 3. The fourth-order valence-corrected chi connectivity index (χ4v) is 4.58. The zero-order chi connectivity index (χ0) is 21.9. The standard InChI is InChI=1S/C25H23N3O3S/c1-16(25(29)27-19-10-11-21-22(15-19)31-13-12-30-21)26-18-8-6-17(7-9-18)14-24-28-20-4-2-3-5-23(20)32-24/h2-11,15-16,26H,12-14H2,1H3,(H,27,29)/t16-/m1/s1. The Labute approximate surface area is 190 Å². The summed E-state index contributed by atoms with van der Waals surface area (Å²) in [6.45, 7) is 2.89. The quantitative estimate of drug-likeness (QED) is 0.432. The van der Waals surface area contributed by atoms with E-state index in [1.165, 1.54) is 10.3 Å². The Bertz CT molecular complexity index is 1220. The lowest BCUT2D eigenvalue weighted by molar-refractivity contribution is -0.116. The lowest BCUT2D eigenvalue weighted by atomic mass is 10.1. The molecule has 0 saturated carbocycles. The summed E-state index contributed by atoms with van der Waals surface area (Å²) in [7, 11) is 0. The monoisotopic (exact) mass is 445 g/mol. The van der Waals surface area contributed by atoms with Gasteiger partial charge in [-0.3, -0.25) is 4.79 Å². The van der Waals surface area contributed by atoms with E-state index >= 15 is 0 Å². The minimum atomic E-state index is -0.404. The molecule has 1 aromatic heterocycles. The number of fused-ring (bicyclic) bond motifs is 2. The maximum absolute atomic E-state index is 12.6. The number of anilines is 2. The number of para-hydroxylation sites is 1. The second-order valence-electron chi connectivity index (χ2n) is 7.66. The number of hydrogen-bond acceptors (Lipinski definition) is 6. The Morgan fingerprint density at radius 1 is 1.00 bits per heavy atom. The van der Waals surface area contributed by atoms with Gasteiger partial charge in [0.25, 0.3) is 0 Å². The minimum absolute atomic E-state index is 0.125. The third-order valence-corrected chi connectivity index (χ3v) is 6.27. The summed E-state index contributed by atoms with van der Waals surface area (Å²) >= 11 is 1.72. The van der Waals surface area contributed by atoms with Gasteiger partial charge in [0, 0.05) is 23.9 Å². The summed E-state index contributed by atoms with van der Waals surface area (Å²) in [5.74, 6) is 1.23. The average molecular weight is 446 g/mol. The molecule has 0 saturated heterocycles. The van der Waals surface area contributed by atoms with Gasteiger partial charge in [0.15, 0.2) is 11.5 Å². The molecule has 0 fully saturated rings. The average Bonchev–Trinajstić information content (AvgIpc) is 3.22. The van der Waals surface area contributed by atoms with Crippen molar-refractivity contribution in [3.63, 3.8) is 0 Å². The van der Waals surface area contributed by atoms with Crippen LogP contribution < -0.4 is 20.1 Å². The van der Waals surface area contributed by atoms with Crippen LogP contribution >= 0.6 is 11.3 Å². The van der Waals surface area contributed by atoms with Crippen molar-refractivity contribution in [3.8, 4) is 11.5 Å². The maximum Gasteiger partial charge on any atom is 0.246 e. The number of carbonyl (C=O) groups is 1. The van der Waals surface area contributed by atoms with Gasteiger partial charge in [0.2, 0.25) is 5.91 Å². The summed E-state index contributed by atoms with van der Waals surface area (Å²) < 4.78 is 12.3. The van der Waals surface area contributed by atoms with E-state index in [9.17, 15) is 4.79 Å². The lowest BCUT2D eigenvalue weighted by Crippen LogP contribution is -2.31. The minimum Gasteiger partial charge on any atom is -0.486 e. The van der Waals surface area contributed by atoms with Gasteiger partial charge in [-0.25, -0.2) is 4.98 Å². The Morgan fingerprint density at radius 2 is 1.75 bits per heavy atom. The number of rotatable bonds is 6. The van der Waals surface area contributed by atoms with Crippen molar-refractivity contribution in [1.29, 1.82) is 0 Å². The van der Waals surface area contributed by atoms with E-state index in [0.717, 1.165) is 22.6 Å². The summed E-state index contributed by atoms with van der Waals surface area (Å²) in [6, 6.07) is 21.3. The van der Waals surface area contributed by atoms with Crippen molar-refractivity contribution in [1.82, 2.24) is 4.98 Å². The molecule has 32 heavy (non-hydrogen) atoms. The topological polar surface area (TPSA) is 72.5 Å². The largest absolute Gasteiger partial charge is 0.486 e. The highest BCUT2D eigenvalue weighted by Crippen LogP contribution is 2.32. The smallest absolute Gasteiger partial charge is 0.246 e. The van der Waals surface area contributed by atoms with Crippen molar-refractivity contribution in [2.24, 2.45) is 0 Å². The molecule has 1 atom stereocenters. The fraction of sp³-hybridized carbons (Fsp3) is 0.200. The number of nitrogens with zero attached hydrogens (tertiary/aromatic N) is 1. The molecule has 4 aromatic rings. The van der Waals surface area contributed by atoms with E-state index in [4.69, 9.17) is 14.5 Å². The Kier molecular flexibility index (Phi) is 5.64. The van der Waals surface area contributed by atoms with E-state index < -0.39 is 6.04 Å². The number of ether oxygens (including phenoxy) is 2. The van der Waals surface area contributed by atoms with Crippen LogP contribution in [0.15, 0.2) is 66.7 Å². The second kappa shape index (κ2) is 8.88. The van der Waals surface area contributed by atoms with Gasteiger partial charge in [0.05, 0.1) is 15.2 Å². The van der Waals surface area contributed by atoms with E-state index in [1.54, 1.807) is 17.4 Å². The molecule has 0 radical (unpaired) electrons. The van der Waals surface area contributed by atoms with Crippen LogP contribution in [-0.4, -0.2) is 30.1 Å². The van der Waals surface area contributed by atoms with Crippen LogP contribution in [-0.2, 0) is 11.2 Å². The third kappa shape index (κ3) is 4.53. The van der Waals surface area contributed by atoms with Crippen molar-refractivity contribution in [2.45, 2.75) is 19.4 Å². The van der Waals surface area contributed by atoms with Crippen LogP contribution in [0.5, 0.6) is 11.5 Å². The van der Waals surface area contributed by atoms with Crippen LogP contribution in [0.3, 0.4) is 0 Å². The Balaban J connectivity index is 1.18. The van der Waals surface area contributed by atoms with Gasteiger partial charge in [-0.05, 0) is 48.9 Å². The molecular weight excluding hydrogens is 422 g/mol. The molecule has 2 N–H and O–H groups in total. The Hall–Kier alpha value is -3.58. The van der Waals surface area contributed by atoms with Crippen molar-refractivity contribution in [2.75, 3.05) is 23.8 Å². The number of carbonyl (C=O) groups excluding carboxylic acids is 1. The molecule has 7 heteroatoms. The summed E-state index contributed by atoms with van der Waals surface area (Å²) in [5, 5.41) is 7.28. The molecule has 0 aliphatic carbocycles. The molecule has 3 aromatic carbocycles. The molecular formula is C25H23N3O3S. The molecule has 2 heterocycles. The molecule has 5 rings (SSSR count). The van der Waals surface area contributed by atoms with Gasteiger partial charge in [-0.2, -0.15) is 0 Å². The molecule has 1 aliphatic rings. The van der Waals surface area contributed by atoms with Gasteiger partial charge < -0.3 is 20.1 Å². The van der Waals surface area contributed by atoms with Crippen LogP contribution in [0.4, 0.5) is 11.4 Å². The summed E-state index contributed by atoms with van der Waals surface area (Å²) in [4.78, 5) is 17.3. The Morgan fingerprint density at radius 3 is 2.56 bits per heavy atom. The number of thiazole rings is 1. The first kappa shape index (κ1) is 20.3. The molecule has 0 unspecified atom stereocenters. The molecule has 0 bridgehead atoms. The first-order valence-electron chi connectivity index (χ1n) is 10.5. The first-order chi connectivity index (χ1) is 15.6. The zero-order valence-electron chi connectivity index (χ0n) is 17.6. The maximum atomic E-state index is 12.6. The van der Waals surface area contributed by atoms with E-state index in [-0.39, 0.29) is 5.91 Å². The van der Waals surface area contributed by atoms with Crippen molar-refractivity contribution in [3.05, 3.63) is 77.3 Å². The second-order valence-corrected chi connectivity index (χ2v) is 8.78. The molecule has 1 aliphatic heterocycles. The van der Waals surface area contributed by atoms with Gasteiger partial charge >= 0.3 is 0 Å². The highest BCUT2D eigenvalue weighted by molar-refractivity contribution is 7.18. The number of hydrogen-bond donors (Lipinski definition) is 2. The summed E-state index contributed by atoms with van der Waals surface area (Å²) in [5.41, 5.74) is 3.80. The van der Waals surface area contributed by atoms with Gasteiger partial charge in [0.1, 0.15) is 19.3 Å². The normalized spacial score (nSPS) is 13.5. The first-order valence-corrected chi connectivity index (χ1v) is 11.4. The van der Waals surface area contributed by atoms with Crippen LogP contribution in [0, 0.1) is 0 Å². The van der Waals surface area contributed by atoms with E-state index in [2.05, 4.69) is 28.8 Å². The predicted molar refractivity (Wildman–Crippen MR) is 128 cm³/mol. The van der Waals surface area contributed by atoms with E-state index in [0.29, 0.717) is 30.4 Å². The lowest BCUT2D eigenvalue weighted by Gasteiger charge is -2.20. The van der Waals surface area contributed by atoms with Crippen molar-refractivity contribution >= 4 is 38.8 Å². The number of nitrogens with one attached hydrogen (secondary N) is 2. The van der Waals surface area contributed by atoms with E-state index in [1.807, 2.05) is 49.4 Å². The third-order valence-electron chi connectivity index (χ3n) is 5.23. The molecule has 6 nitrogen and oxygen atoms in total. The number of amides is 1. The molecule has 1 amide bonds. The van der Waals surface area contributed by atoms with Crippen LogP contribution in [0.2, 0.25) is 0 Å². The van der Waals surface area contributed by atoms with Gasteiger partial charge in [-0.1, -0.05) is 24.3 Å². The molecule has 162 valence electrons. The van der Waals surface area contributed by atoms with Gasteiger partial charge in [-0.15, -0.1) is 11.3 Å². The zero-order valence-corrected chi connectivity index (χ0v) is 18.4.